The Balaban J connectivity index is 1.75. The third-order valence-electron chi connectivity index (χ3n) is 6.49. The smallest absolute Gasteiger partial charge is 0.242 e. The number of carbonyl (C=O) groups is 1. The number of hydrogen-bond donors (Lipinski definition) is 1. The largest absolute Gasteiger partial charge is 0.369 e. The molecule has 32 heavy (non-hydrogen) atoms. The van der Waals surface area contributed by atoms with Crippen molar-refractivity contribution >= 4 is 27.5 Å². The van der Waals surface area contributed by atoms with Crippen LogP contribution >= 0.6 is 0 Å². The number of carbonyl (C=O) groups excluding carboxylic acids is 1. The van der Waals surface area contributed by atoms with E-state index in [2.05, 4.69) is 14.8 Å². The Bertz CT molecular complexity index is 1300. The first-order valence-corrected chi connectivity index (χ1v) is 11.9. The summed E-state index contributed by atoms with van der Waals surface area (Å²) in [5.41, 5.74) is 8.95. The molecule has 2 heterocycles. The molecule has 2 aromatic rings. The number of ketones is 1. The second-order valence-electron chi connectivity index (χ2n) is 8.57. The van der Waals surface area contributed by atoms with Gasteiger partial charge in [-0.2, -0.15) is 0 Å². The highest BCUT2D eigenvalue weighted by Gasteiger charge is 2.51. The monoisotopic (exact) mass is 451 g/mol. The third-order valence-corrected chi connectivity index (χ3v) is 8.86. The molecule has 0 unspecified atom stereocenters. The van der Waals surface area contributed by atoms with E-state index in [1.54, 1.807) is 13.0 Å². The van der Waals surface area contributed by atoms with Crippen LogP contribution < -0.4 is 5.73 Å². The number of nitrogens with two attached hydrogens (primary N) is 1. The van der Waals surface area contributed by atoms with Gasteiger partial charge in [0.25, 0.3) is 0 Å². The zero-order chi connectivity index (χ0) is 23.3. The maximum Gasteiger partial charge on any atom is 0.242 e. The number of fused-ring (bicyclic) bond motifs is 3. The van der Waals surface area contributed by atoms with Gasteiger partial charge in [-0.3, -0.25) is 9.78 Å². The maximum absolute atomic E-state index is 13.1. The first kappa shape index (κ1) is 22.0. The number of aliphatic imine (C=N–C) groups is 1. The fourth-order valence-electron chi connectivity index (χ4n) is 4.74. The molecule has 0 saturated carbocycles. The van der Waals surface area contributed by atoms with Crippen molar-refractivity contribution < 1.29 is 13.2 Å². The lowest BCUT2D eigenvalue weighted by atomic mass is 9.84. The standard InChI is InChI=1S/C23H25N5O3S/c1-14-10-17(25-3)13-26-21(14)19(29)12-15-8-9-16-6-5-7-20-23(2,18(16)11-15)27-22(24)28(4)32(20,30)31/h8-11,13,20H,5-7,12H2,1-2,4H3,(H2,24,27)/t20-,23+/m0/s1. The quantitative estimate of drug-likeness (QED) is 0.570. The lowest BCUT2D eigenvalue weighted by Gasteiger charge is -2.41. The van der Waals surface area contributed by atoms with Crippen LogP contribution in [0.15, 0.2) is 35.5 Å². The molecule has 0 radical (unpaired) electrons. The van der Waals surface area contributed by atoms with Crippen molar-refractivity contribution in [1.82, 2.24) is 9.29 Å². The van der Waals surface area contributed by atoms with Crippen molar-refractivity contribution in [3.8, 4) is 0 Å². The molecule has 1 aliphatic heterocycles. The lowest BCUT2D eigenvalue weighted by molar-refractivity contribution is 0.0987. The molecule has 0 saturated heterocycles. The van der Waals surface area contributed by atoms with Crippen LogP contribution in [-0.4, -0.2) is 41.7 Å². The van der Waals surface area contributed by atoms with Gasteiger partial charge in [0.05, 0.1) is 6.57 Å². The minimum Gasteiger partial charge on any atom is -0.369 e. The van der Waals surface area contributed by atoms with Gasteiger partial charge in [0.2, 0.25) is 21.7 Å². The molecule has 0 spiro atoms. The summed E-state index contributed by atoms with van der Waals surface area (Å²) in [5, 5.41) is -0.718. The van der Waals surface area contributed by atoms with Crippen molar-refractivity contribution in [3.05, 3.63) is 69.8 Å². The molecule has 4 rings (SSSR count). The van der Waals surface area contributed by atoms with Crippen LogP contribution in [0.3, 0.4) is 0 Å². The van der Waals surface area contributed by atoms with E-state index < -0.39 is 20.8 Å². The molecule has 1 aromatic carbocycles. The van der Waals surface area contributed by atoms with Gasteiger partial charge in [0.15, 0.2) is 5.78 Å². The second-order valence-corrected chi connectivity index (χ2v) is 10.7. The number of pyridine rings is 1. The molecular formula is C23H25N5O3S. The SMILES string of the molecule is [C-]#[N+]c1cnc(C(=O)Cc2ccc3c(c2)[C@@]2(C)N=C(N)N(C)S(=O)(=O)[C@H]2CCC3)c(C)c1. The Morgan fingerprint density at radius 1 is 1.38 bits per heavy atom. The lowest BCUT2D eigenvalue weighted by Crippen LogP contribution is -2.56. The fourth-order valence-corrected chi connectivity index (χ4v) is 6.65. The van der Waals surface area contributed by atoms with Gasteiger partial charge >= 0.3 is 0 Å². The van der Waals surface area contributed by atoms with E-state index in [0.717, 1.165) is 33.8 Å². The molecule has 2 atom stereocenters. The zero-order valence-corrected chi connectivity index (χ0v) is 19.1. The Hall–Kier alpha value is -3.25. The highest BCUT2D eigenvalue weighted by atomic mass is 32.2. The van der Waals surface area contributed by atoms with Gasteiger partial charge in [-0.05, 0) is 61.4 Å². The predicted octanol–water partition coefficient (Wildman–Crippen LogP) is 2.88. The Morgan fingerprint density at radius 3 is 2.81 bits per heavy atom. The van der Waals surface area contributed by atoms with Gasteiger partial charge in [-0.1, -0.05) is 18.2 Å². The topological polar surface area (TPSA) is 110 Å². The summed E-state index contributed by atoms with van der Waals surface area (Å²) in [6.07, 6.45) is 3.47. The van der Waals surface area contributed by atoms with Gasteiger partial charge < -0.3 is 5.73 Å². The van der Waals surface area contributed by atoms with Crippen LogP contribution in [0.25, 0.3) is 4.85 Å². The number of aryl methyl sites for hydroxylation is 2. The van der Waals surface area contributed by atoms with E-state index in [0.29, 0.717) is 23.4 Å². The van der Waals surface area contributed by atoms with Gasteiger partial charge in [0, 0.05) is 19.7 Å². The van der Waals surface area contributed by atoms with Gasteiger partial charge in [0.1, 0.15) is 16.5 Å². The zero-order valence-electron chi connectivity index (χ0n) is 18.3. The summed E-state index contributed by atoms with van der Waals surface area (Å²) in [4.78, 5) is 25.1. The van der Waals surface area contributed by atoms with Crippen LogP contribution in [0.2, 0.25) is 0 Å². The fraction of sp³-hybridized carbons (Fsp3) is 0.391. The summed E-state index contributed by atoms with van der Waals surface area (Å²) >= 11 is 0. The van der Waals surface area contributed by atoms with E-state index in [4.69, 9.17) is 12.3 Å². The number of Topliss-reactive ketones (excluding diaryl/α,β-unsaturated/α-hetero) is 1. The van der Waals surface area contributed by atoms with E-state index in [9.17, 15) is 13.2 Å². The van der Waals surface area contributed by atoms with Crippen LogP contribution in [0.1, 0.15) is 52.5 Å². The number of nitrogens with zero attached hydrogens (tertiary/aromatic N) is 4. The molecule has 166 valence electrons. The van der Waals surface area contributed by atoms with Crippen LogP contribution in [-0.2, 0) is 28.4 Å². The van der Waals surface area contributed by atoms with Crippen LogP contribution in [0, 0.1) is 13.5 Å². The summed E-state index contributed by atoms with van der Waals surface area (Å²) in [5.74, 6) is -0.189. The van der Waals surface area contributed by atoms with Crippen molar-refractivity contribution in [2.45, 2.75) is 50.3 Å². The first-order chi connectivity index (χ1) is 15.1. The molecular weight excluding hydrogens is 426 g/mol. The average Bonchev–Trinajstić information content (AvgIpc) is 2.89. The number of rotatable bonds is 3. The summed E-state index contributed by atoms with van der Waals surface area (Å²) in [6, 6.07) is 7.41. The normalized spacial score (nSPS) is 23.9. The second kappa shape index (κ2) is 7.71. The van der Waals surface area contributed by atoms with Crippen molar-refractivity contribution in [2.24, 2.45) is 10.7 Å². The van der Waals surface area contributed by atoms with Crippen LogP contribution in [0.4, 0.5) is 5.69 Å². The Morgan fingerprint density at radius 2 is 2.12 bits per heavy atom. The van der Waals surface area contributed by atoms with E-state index in [1.807, 2.05) is 25.1 Å². The Labute approximate surface area is 188 Å². The summed E-state index contributed by atoms with van der Waals surface area (Å²) in [7, 11) is -2.22. The first-order valence-electron chi connectivity index (χ1n) is 10.4. The molecule has 1 aliphatic carbocycles. The number of hydrogen-bond acceptors (Lipinski definition) is 6. The third kappa shape index (κ3) is 3.45. The number of benzene rings is 1. The highest BCUT2D eigenvalue weighted by molar-refractivity contribution is 7.90. The number of sulfonamides is 1. The van der Waals surface area contributed by atoms with Crippen molar-refractivity contribution in [3.63, 3.8) is 0 Å². The van der Waals surface area contributed by atoms with E-state index >= 15 is 0 Å². The molecule has 8 nitrogen and oxygen atoms in total. The molecule has 2 aliphatic rings. The Kier molecular flexibility index (Phi) is 5.29. The molecule has 0 fully saturated rings. The minimum absolute atomic E-state index is 0.0298. The molecule has 9 heteroatoms. The highest BCUT2D eigenvalue weighted by Crippen LogP contribution is 2.44. The predicted molar refractivity (Wildman–Crippen MR) is 122 cm³/mol. The van der Waals surface area contributed by atoms with Gasteiger partial charge in [-0.25, -0.2) is 22.6 Å². The molecule has 1 aromatic heterocycles. The minimum atomic E-state index is -3.65. The molecule has 0 bridgehead atoms. The van der Waals surface area contributed by atoms with Crippen molar-refractivity contribution in [2.75, 3.05) is 7.05 Å². The summed E-state index contributed by atoms with van der Waals surface area (Å²) in [6.45, 7) is 10.7. The van der Waals surface area contributed by atoms with Crippen LogP contribution in [0.5, 0.6) is 0 Å². The maximum atomic E-state index is 13.1. The van der Waals surface area contributed by atoms with E-state index in [-0.39, 0.29) is 18.2 Å². The average molecular weight is 452 g/mol. The summed E-state index contributed by atoms with van der Waals surface area (Å²) < 4.78 is 27.4. The van der Waals surface area contributed by atoms with E-state index in [1.165, 1.54) is 13.2 Å². The van der Waals surface area contributed by atoms with Gasteiger partial charge in [-0.15, -0.1) is 0 Å². The molecule has 2 N–H and O–H groups in total. The molecule has 0 amide bonds. The van der Waals surface area contributed by atoms with Crippen molar-refractivity contribution in [1.29, 1.82) is 0 Å². The number of guanidine groups is 1. The number of aromatic nitrogens is 1.